The van der Waals surface area contributed by atoms with Crippen molar-refractivity contribution in [1.82, 2.24) is 4.90 Å². The second-order valence-electron chi connectivity index (χ2n) is 6.16. The van der Waals surface area contributed by atoms with Crippen LogP contribution in [0.15, 0.2) is 54.6 Å². The number of hydrogen-bond donors (Lipinski definition) is 0. The van der Waals surface area contributed by atoms with Crippen LogP contribution in [-0.4, -0.2) is 18.0 Å². The first-order valence-corrected chi connectivity index (χ1v) is 8.37. The van der Waals surface area contributed by atoms with Crippen LogP contribution in [0, 0.1) is 5.82 Å². The van der Waals surface area contributed by atoms with Crippen molar-refractivity contribution >= 4 is 0 Å². The normalized spacial score (nSPS) is 17.3. The molecule has 1 fully saturated rings. The Morgan fingerprint density at radius 3 is 2.27 bits per heavy atom. The van der Waals surface area contributed by atoms with Gasteiger partial charge in [-0.25, -0.2) is 4.39 Å². The first kappa shape index (κ1) is 15.2. The van der Waals surface area contributed by atoms with Crippen LogP contribution in [0.25, 0.3) is 0 Å². The van der Waals surface area contributed by atoms with E-state index in [0.717, 1.165) is 31.5 Å². The fourth-order valence-electron chi connectivity index (χ4n) is 3.46. The summed E-state index contributed by atoms with van der Waals surface area (Å²) in [5.74, 6) is -0.0638. The van der Waals surface area contributed by atoms with Crippen molar-refractivity contribution in [3.63, 3.8) is 0 Å². The molecule has 1 saturated heterocycles. The lowest BCUT2D eigenvalue weighted by atomic mass is 9.95. The lowest BCUT2D eigenvalue weighted by Crippen LogP contribution is -2.34. The van der Waals surface area contributed by atoms with Gasteiger partial charge >= 0.3 is 0 Å². The smallest absolute Gasteiger partial charge is 0.127 e. The summed E-state index contributed by atoms with van der Waals surface area (Å²) in [5, 5.41) is 0. The first-order valence-electron chi connectivity index (χ1n) is 8.37. The lowest BCUT2D eigenvalue weighted by molar-refractivity contribution is 0.153. The minimum absolute atomic E-state index is 0.0638. The Morgan fingerprint density at radius 2 is 1.55 bits per heavy atom. The summed E-state index contributed by atoms with van der Waals surface area (Å²) in [6, 6.07) is 18.0. The maximum atomic E-state index is 14.3. The summed E-state index contributed by atoms with van der Waals surface area (Å²) in [6.07, 6.45) is 5.74. The second-order valence-corrected chi connectivity index (χ2v) is 6.16. The molecule has 0 aromatic heterocycles. The van der Waals surface area contributed by atoms with Gasteiger partial charge in [0.25, 0.3) is 0 Å². The quantitative estimate of drug-likeness (QED) is 0.752. The predicted molar refractivity (Wildman–Crippen MR) is 89.3 cm³/mol. The number of nitrogens with zero attached hydrogens (tertiary/aromatic N) is 1. The van der Waals surface area contributed by atoms with Gasteiger partial charge in [-0.2, -0.15) is 0 Å². The molecule has 0 radical (unpaired) electrons. The molecule has 0 N–H and O–H groups in total. The topological polar surface area (TPSA) is 3.24 Å². The highest BCUT2D eigenvalue weighted by Crippen LogP contribution is 2.30. The molecular weight excluding hydrogens is 273 g/mol. The van der Waals surface area contributed by atoms with E-state index in [1.54, 1.807) is 12.1 Å². The van der Waals surface area contributed by atoms with E-state index in [1.807, 2.05) is 18.2 Å². The zero-order chi connectivity index (χ0) is 15.2. The molecule has 1 aliphatic rings. The number of piperidine rings is 1. The van der Waals surface area contributed by atoms with Crippen molar-refractivity contribution in [2.24, 2.45) is 0 Å². The van der Waals surface area contributed by atoms with E-state index in [2.05, 4.69) is 29.2 Å². The number of likely N-dealkylation sites (tertiary alicyclic amines) is 1. The van der Waals surface area contributed by atoms with Crippen molar-refractivity contribution in [2.45, 2.75) is 38.1 Å². The minimum Gasteiger partial charge on any atom is -0.296 e. The maximum Gasteiger partial charge on any atom is 0.127 e. The van der Waals surface area contributed by atoms with Crippen LogP contribution in [0.1, 0.15) is 42.9 Å². The molecule has 0 amide bonds. The van der Waals surface area contributed by atoms with Crippen molar-refractivity contribution in [2.75, 3.05) is 13.1 Å². The second kappa shape index (κ2) is 7.55. The third-order valence-corrected chi connectivity index (χ3v) is 4.64. The highest BCUT2D eigenvalue weighted by molar-refractivity contribution is 5.22. The van der Waals surface area contributed by atoms with Gasteiger partial charge in [-0.05, 0) is 50.4 Å². The van der Waals surface area contributed by atoms with Gasteiger partial charge in [0.05, 0.1) is 0 Å². The summed E-state index contributed by atoms with van der Waals surface area (Å²) in [6.45, 7) is 2.18. The third-order valence-electron chi connectivity index (χ3n) is 4.64. The molecule has 0 aliphatic carbocycles. The van der Waals surface area contributed by atoms with Crippen LogP contribution in [0.5, 0.6) is 0 Å². The third kappa shape index (κ3) is 3.75. The molecule has 0 saturated carbocycles. The van der Waals surface area contributed by atoms with Gasteiger partial charge in [-0.3, -0.25) is 4.90 Å². The van der Waals surface area contributed by atoms with E-state index < -0.39 is 0 Å². The average molecular weight is 297 g/mol. The van der Waals surface area contributed by atoms with Gasteiger partial charge in [0.2, 0.25) is 0 Å². The van der Waals surface area contributed by atoms with Crippen molar-refractivity contribution in [1.29, 1.82) is 0 Å². The molecule has 2 heteroatoms. The van der Waals surface area contributed by atoms with Crippen LogP contribution in [0.3, 0.4) is 0 Å². The minimum atomic E-state index is -0.0638. The van der Waals surface area contributed by atoms with Crippen LogP contribution in [0.4, 0.5) is 4.39 Å². The Kier molecular flexibility index (Phi) is 5.23. The summed E-state index contributed by atoms with van der Waals surface area (Å²) in [7, 11) is 0. The standard InChI is InChI=1S/C20H24FN/c21-19-12-6-5-11-18(19)20(22-15-7-2-8-16-22)14-13-17-9-3-1-4-10-17/h1,3-6,9-12,20H,2,7-8,13-16H2. The van der Waals surface area contributed by atoms with Crippen molar-refractivity contribution < 1.29 is 4.39 Å². The Hall–Kier alpha value is -1.67. The Labute approximate surface area is 132 Å². The van der Waals surface area contributed by atoms with Gasteiger partial charge in [0, 0.05) is 11.6 Å². The van der Waals surface area contributed by atoms with Gasteiger partial charge in [-0.1, -0.05) is 55.0 Å². The largest absolute Gasteiger partial charge is 0.296 e. The summed E-state index contributed by atoms with van der Waals surface area (Å²) < 4.78 is 14.3. The highest BCUT2D eigenvalue weighted by atomic mass is 19.1. The van der Waals surface area contributed by atoms with Gasteiger partial charge < -0.3 is 0 Å². The fourth-order valence-corrected chi connectivity index (χ4v) is 3.46. The zero-order valence-corrected chi connectivity index (χ0v) is 13.0. The monoisotopic (exact) mass is 297 g/mol. The molecule has 1 atom stereocenters. The molecule has 0 bridgehead atoms. The highest BCUT2D eigenvalue weighted by Gasteiger charge is 2.24. The summed E-state index contributed by atoms with van der Waals surface area (Å²) in [4.78, 5) is 2.48. The summed E-state index contributed by atoms with van der Waals surface area (Å²) >= 11 is 0. The Balaban J connectivity index is 1.78. The Morgan fingerprint density at radius 1 is 0.864 bits per heavy atom. The average Bonchev–Trinajstić information content (AvgIpc) is 2.58. The molecule has 116 valence electrons. The fraction of sp³-hybridized carbons (Fsp3) is 0.400. The number of rotatable bonds is 5. The van der Waals surface area contributed by atoms with Crippen LogP contribution in [-0.2, 0) is 6.42 Å². The van der Waals surface area contributed by atoms with Gasteiger partial charge in [0.1, 0.15) is 5.82 Å². The molecule has 2 aromatic rings. The van der Waals surface area contributed by atoms with E-state index in [0.29, 0.717) is 0 Å². The molecule has 1 nitrogen and oxygen atoms in total. The van der Waals surface area contributed by atoms with E-state index in [4.69, 9.17) is 0 Å². The molecule has 2 aromatic carbocycles. The predicted octanol–water partition coefficient (Wildman–Crippen LogP) is 4.99. The van der Waals surface area contributed by atoms with E-state index in [-0.39, 0.29) is 11.9 Å². The van der Waals surface area contributed by atoms with Crippen molar-refractivity contribution in [3.05, 3.63) is 71.5 Å². The molecule has 22 heavy (non-hydrogen) atoms. The van der Waals surface area contributed by atoms with Gasteiger partial charge in [-0.15, -0.1) is 0 Å². The van der Waals surface area contributed by atoms with Crippen molar-refractivity contribution in [3.8, 4) is 0 Å². The van der Waals surface area contributed by atoms with E-state index >= 15 is 0 Å². The summed E-state index contributed by atoms with van der Waals surface area (Å²) in [5.41, 5.74) is 2.20. The first-order chi connectivity index (χ1) is 10.8. The lowest BCUT2D eigenvalue weighted by Gasteiger charge is -2.35. The SMILES string of the molecule is Fc1ccccc1C(CCc1ccccc1)N1CCCCC1. The van der Waals surface area contributed by atoms with Crippen LogP contribution >= 0.6 is 0 Å². The van der Waals surface area contributed by atoms with Gasteiger partial charge in [0.15, 0.2) is 0 Å². The number of halogens is 1. The van der Waals surface area contributed by atoms with Crippen LogP contribution in [0.2, 0.25) is 0 Å². The van der Waals surface area contributed by atoms with E-state index in [1.165, 1.54) is 24.8 Å². The maximum absolute atomic E-state index is 14.3. The molecule has 1 heterocycles. The zero-order valence-electron chi connectivity index (χ0n) is 13.0. The molecular formula is C20H24FN. The number of benzene rings is 2. The van der Waals surface area contributed by atoms with E-state index in [9.17, 15) is 4.39 Å². The molecule has 1 aliphatic heterocycles. The number of hydrogen-bond acceptors (Lipinski definition) is 1. The van der Waals surface area contributed by atoms with Crippen LogP contribution < -0.4 is 0 Å². The molecule has 0 spiro atoms. The Bertz CT molecular complexity index is 575. The molecule has 3 rings (SSSR count). The number of aryl methyl sites for hydroxylation is 1. The molecule has 1 unspecified atom stereocenters.